The second-order valence-corrected chi connectivity index (χ2v) is 6.08. The zero-order chi connectivity index (χ0) is 13.8. The van der Waals surface area contributed by atoms with E-state index >= 15 is 0 Å². The molecule has 1 atom stereocenters. The van der Waals surface area contributed by atoms with Crippen LogP contribution in [0.3, 0.4) is 0 Å². The monoisotopic (exact) mass is 281 g/mol. The van der Waals surface area contributed by atoms with Crippen LogP contribution in [0.15, 0.2) is 6.07 Å². The minimum atomic E-state index is 0.370. The number of anilines is 1. The molecule has 1 aliphatic rings. The minimum absolute atomic E-state index is 0.370. The maximum atomic E-state index is 5.94. The van der Waals surface area contributed by atoms with E-state index in [0.29, 0.717) is 12.0 Å². The van der Waals surface area contributed by atoms with Crippen LogP contribution in [0.4, 0.5) is 5.82 Å². The number of aryl methyl sites for hydroxylation is 1. The molecule has 0 aromatic carbocycles. The van der Waals surface area contributed by atoms with Gasteiger partial charge in [0.25, 0.3) is 0 Å². The Morgan fingerprint density at radius 2 is 2.16 bits per heavy atom. The lowest BCUT2D eigenvalue weighted by atomic mass is 10.00. The van der Waals surface area contributed by atoms with Gasteiger partial charge in [-0.3, -0.25) is 0 Å². The maximum Gasteiger partial charge on any atom is 0.133 e. The second-order valence-electron chi connectivity index (χ2n) is 5.70. The van der Waals surface area contributed by atoms with Crippen molar-refractivity contribution in [3.8, 4) is 0 Å². The Bertz CT molecular complexity index is 418. The van der Waals surface area contributed by atoms with Crippen LogP contribution in [0.2, 0.25) is 0 Å². The smallest absolute Gasteiger partial charge is 0.133 e. The third-order valence-corrected chi connectivity index (χ3v) is 3.96. The number of piperidine rings is 1. The van der Waals surface area contributed by atoms with Gasteiger partial charge in [-0.05, 0) is 32.6 Å². The Labute approximate surface area is 121 Å². The van der Waals surface area contributed by atoms with Gasteiger partial charge in [0.05, 0.1) is 0 Å². The Morgan fingerprint density at radius 1 is 1.37 bits per heavy atom. The van der Waals surface area contributed by atoms with Gasteiger partial charge >= 0.3 is 0 Å². The molecule has 0 aliphatic carbocycles. The molecule has 0 bridgehead atoms. The van der Waals surface area contributed by atoms with Crippen LogP contribution in [0.25, 0.3) is 0 Å². The van der Waals surface area contributed by atoms with Gasteiger partial charge in [-0.25, -0.2) is 9.97 Å². The number of hydrogen-bond acceptors (Lipinski definition) is 3. The highest BCUT2D eigenvalue weighted by atomic mass is 35.5. The molecular weight excluding hydrogens is 258 g/mol. The fourth-order valence-electron chi connectivity index (χ4n) is 2.71. The average molecular weight is 282 g/mol. The van der Waals surface area contributed by atoms with Crippen molar-refractivity contribution in [2.24, 2.45) is 0 Å². The standard InChI is InChI=1S/C15H24ClN3/c1-11(2)15-17-12(3)10-14(18-15)19-9-5-4-6-13(19)7-8-16/h10-11,13H,4-9H2,1-3H3. The summed E-state index contributed by atoms with van der Waals surface area (Å²) >= 11 is 5.94. The van der Waals surface area contributed by atoms with Gasteiger partial charge in [0.1, 0.15) is 11.6 Å². The van der Waals surface area contributed by atoms with E-state index in [0.717, 1.165) is 36.2 Å². The van der Waals surface area contributed by atoms with Crippen molar-refractivity contribution in [1.82, 2.24) is 9.97 Å². The van der Waals surface area contributed by atoms with Gasteiger partial charge in [-0.15, -0.1) is 11.6 Å². The summed E-state index contributed by atoms with van der Waals surface area (Å²) in [6.07, 6.45) is 4.83. The summed E-state index contributed by atoms with van der Waals surface area (Å²) in [6.45, 7) is 7.43. The van der Waals surface area contributed by atoms with Gasteiger partial charge in [-0.1, -0.05) is 13.8 Å². The third kappa shape index (κ3) is 3.59. The molecule has 0 saturated carbocycles. The molecule has 1 saturated heterocycles. The molecule has 0 radical (unpaired) electrons. The summed E-state index contributed by atoms with van der Waals surface area (Å²) in [5.74, 6) is 3.13. The SMILES string of the molecule is Cc1cc(N2CCCCC2CCCl)nc(C(C)C)n1. The van der Waals surface area contributed by atoms with Crippen LogP contribution in [0, 0.1) is 6.92 Å². The molecule has 0 N–H and O–H groups in total. The first-order valence-electron chi connectivity index (χ1n) is 7.30. The molecular formula is C15H24ClN3. The zero-order valence-corrected chi connectivity index (χ0v) is 13.0. The third-order valence-electron chi connectivity index (χ3n) is 3.74. The molecule has 1 fully saturated rings. The van der Waals surface area contributed by atoms with E-state index in [-0.39, 0.29) is 0 Å². The van der Waals surface area contributed by atoms with Crippen LogP contribution in [-0.4, -0.2) is 28.4 Å². The first kappa shape index (κ1) is 14.6. The summed E-state index contributed by atoms with van der Waals surface area (Å²) in [7, 11) is 0. The first-order chi connectivity index (χ1) is 9.11. The molecule has 106 valence electrons. The molecule has 2 rings (SSSR count). The summed E-state index contributed by atoms with van der Waals surface area (Å²) in [5, 5.41) is 0. The van der Waals surface area contributed by atoms with Gasteiger partial charge < -0.3 is 4.90 Å². The quantitative estimate of drug-likeness (QED) is 0.784. The number of rotatable bonds is 4. The fraction of sp³-hybridized carbons (Fsp3) is 0.733. The van der Waals surface area contributed by atoms with Crippen molar-refractivity contribution in [3.05, 3.63) is 17.6 Å². The van der Waals surface area contributed by atoms with Crippen LogP contribution in [0.1, 0.15) is 57.0 Å². The minimum Gasteiger partial charge on any atom is -0.353 e. The van der Waals surface area contributed by atoms with E-state index in [9.17, 15) is 0 Å². The summed E-state index contributed by atoms with van der Waals surface area (Å²) < 4.78 is 0. The Morgan fingerprint density at radius 3 is 2.84 bits per heavy atom. The molecule has 1 aromatic rings. The number of hydrogen-bond donors (Lipinski definition) is 0. The number of alkyl halides is 1. The van der Waals surface area contributed by atoms with Crippen LogP contribution in [0.5, 0.6) is 0 Å². The lowest BCUT2D eigenvalue weighted by Gasteiger charge is -2.36. The summed E-state index contributed by atoms with van der Waals surface area (Å²) in [4.78, 5) is 11.7. The highest BCUT2D eigenvalue weighted by Gasteiger charge is 2.23. The molecule has 0 amide bonds. The Balaban J connectivity index is 2.27. The van der Waals surface area contributed by atoms with Crippen molar-refractivity contribution in [1.29, 1.82) is 0 Å². The predicted octanol–water partition coefficient (Wildman–Crippen LogP) is 3.90. The molecule has 3 nitrogen and oxygen atoms in total. The zero-order valence-electron chi connectivity index (χ0n) is 12.2. The number of halogens is 1. The fourth-order valence-corrected chi connectivity index (χ4v) is 2.96. The van der Waals surface area contributed by atoms with Crippen LogP contribution >= 0.6 is 11.6 Å². The molecule has 1 aliphatic heterocycles. The van der Waals surface area contributed by atoms with Crippen molar-refractivity contribution in [3.63, 3.8) is 0 Å². The lowest BCUT2D eigenvalue weighted by Crippen LogP contribution is -2.40. The van der Waals surface area contributed by atoms with E-state index in [1.807, 2.05) is 0 Å². The number of nitrogens with zero attached hydrogens (tertiary/aromatic N) is 3. The molecule has 0 spiro atoms. The van der Waals surface area contributed by atoms with E-state index in [4.69, 9.17) is 16.6 Å². The van der Waals surface area contributed by atoms with Crippen LogP contribution < -0.4 is 4.90 Å². The van der Waals surface area contributed by atoms with E-state index in [1.54, 1.807) is 0 Å². The Hall–Kier alpha value is -0.830. The highest BCUT2D eigenvalue weighted by Crippen LogP contribution is 2.26. The normalized spacial score (nSPS) is 20.1. The second kappa shape index (κ2) is 6.56. The van der Waals surface area contributed by atoms with Crippen LogP contribution in [-0.2, 0) is 0 Å². The first-order valence-corrected chi connectivity index (χ1v) is 7.83. The van der Waals surface area contributed by atoms with E-state index in [1.165, 1.54) is 19.3 Å². The molecule has 2 heterocycles. The molecule has 4 heteroatoms. The van der Waals surface area contributed by atoms with Gasteiger partial charge in [0.15, 0.2) is 0 Å². The lowest BCUT2D eigenvalue weighted by molar-refractivity contribution is 0.447. The van der Waals surface area contributed by atoms with Gasteiger partial charge in [-0.2, -0.15) is 0 Å². The van der Waals surface area contributed by atoms with E-state index in [2.05, 4.69) is 36.7 Å². The van der Waals surface area contributed by atoms with Crippen molar-refractivity contribution in [2.75, 3.05) is 17.3 Å². The molecule has 1 aromatic heterocycles. The van der Waals surface area contributed by atoms with Gasteiger partial charge in [0, 0.05) is 36.1 Å². The molecule has 1 unspecified atom stereocenters. The van der Waals surface area contributed by atoms with Crippen molar-refractivity contribution < 1.29 is 0 Å². The van der Waals surface area contributed by atoms with Gasteiger partial charge in [0.2, 0.25) is 0 Å². The highest BCUT2D eigenvalue weighted by molar-refractivity contribution is 6.17. The van der Waals surface area contributed by atoms with Crippen molar-refractivity contribution in [2.45, 2.75) is 58.4 Å². The molecule has 19 heavy (non-hydrogen) atoms. The number of aromatic nitrogens is 2. The predicted molar refractivity (Wildman–Crippen MR) is 81.2 cm³/mol. The maximum absolute atomic E-state index is 5.94. The summed E-state index contributed by atoms with van der Waals surface area (Å²) in [5.41, 5.74) is 1.06. The van der Waals surface area contributed by atoms with Crippen molar-refractivity contribution >= 4 is 17.4 Å². The average Bonchev–Trinajstić information content (AvgIpc) is 2.39. The topological polar surface area (TPSA) is 29.0 Å². The Kier molecular flexibility index (Phi) is 5.03. The largest absolute Gasteiger partial charge is 0.353 e. The summed E-state index contributed by atoms with van der Waals surface area (Å²) in [6, 6.07) is 2.65. The van der Waals surface area contributed by atoms with E-state index < -0.39 is 0 Å².